The van der Waals surface area contributed by atoms with Crippen molar-refractivity contribution < 1.29 is 4.79 Å². The van der Waals surface area contributed by atoms with Gasteiger partial charge in [0.25, 0.3) is 5.91 Å². The summed E-state index contributed by atoms with van der Waals surface area (Å²) in [5.41, 5.74) is 3.59. The molecule has 3 aromatic carbocycles. The lowest BCUT2D eigenvalue weighted by molar-refractivity contribution is -0.112. The molecule has 3 rings (SSSR count). The van der Waals surface area contributed by atoms with Crippen LogP contribution in [-0.2, 0) is 11.3 Å². The van der Waals surface area contributed by atoms with Gasteiger partial charge in [0.2, 0.25) is 0 Å². The molecule has 0 aromatic heterocycles. The molecule has 0 bridgehead atoms. The second kappa shape index (κ2) is 10.3. The Morgan fingerprint density at radius 3 is 2.33 bits per heavy atom. The van der Waals surface area contributed by atoms with Crippen LogP contribution in [0, 0.1) is 11.3 Å². The van der Waals surface area contributed by atoms with Gasteiger partial charge in [0.1, 0.15) is 11.6 Å². The predicted octanol–water partition coefficient (Wildman–Crippen LogP) is 5.91. The number of carbonyl (C=O) groups is 1. The van der Waals surface area contributed by atoms with Gasteiger partial charge < -0.3 is 10.2 Å². The van der Waals surface area contributed by atoms with Crippen molar-refractivity contribution in [2.75, 3.05) is 16.8 Å². The second-order valence-corrected chi connectivity index (χ2v) is 7.10. The first kappa shape index (κ1) is 21.2. The molecular weight excluding hydrogens is 394 g/mol. The molecular formula is C25H22ClN3O. The Balaban J connectivity index is 1.73. The Morgan fingerprint density at radius 1 is 1.03 bits per heavy atom. The monoisotopic (exact) mass is 415 g/mol. The molecule has 0 radical (unpaired) electrons. The van der Waals surface area contributed by atoms with Crippen LogP contribution >= 0.6 is 11.6 Å². The fourth-order valence-corrected chi connectivity index (χ4v) is 3.22. The predicted molar refractivity (Wildman–Crippen MR) is 123 cm³/mol. The minimum atomic E-state index is -0.492. The van der Waals surface area contributed by atoms with Gasteiger partial charge in [-0.1, -0.05) is 66.2 Å². The van der Waals surface area contributed by atoms with Gasteiger partial charge in [-0.2, -0.15) is 5.26 Å². The molecule has 0 aliphatic heterocycles. The number of para-hydroxylation sites is 1. The second-order valence-electron chi connectivity index (χ2n) is 6.70. The van der Waals surface area contributed by atoms with Crippen LogP contribution in [0.3, 0.4) is 0 Å². The van der Waals surface area contributed by atoms with Gasteiger partial charge in [-0.3, -0.25) is 4.79 Å². The Kier molecular flexibility index (Phi) is 7.26. The van der Waals surface area contributed by atoms with E-state index in [9.17, 15) is 10.1 Å². The molecule has 0 saturated heterocycles. The summed E-state index contributed by atoms with van der Waals surface area (Å²) in [6, 6.07) is 27.0. The Labute approximate surface area is 182 Å². The van der Waals surface area contributed by atoms with E-state index < -0.39 is 5.91 Å². The summed E-state index contributed by atoms with van der Waals surface area (Å²) in [6.07, 6.45) is 1.57. The van der Waals surface area contributed by atoms with Crippen molar-refractivity contribution in [2.45, 2.75) is 13.5 Å². The quantitative estimate of drug-likeness (QED) is 0.385. The van der Waals surface area contributed by atoms with Crippen molar-refractivity contribution in [1.29, 1.82) is 5.26 Å². The van der Waals surface area contributed by atoms with Crippen molar-refractivity contribution in [3.05, 3.63) is 101 Å². The van der Waals surface area contributed by atoms with Gasteiger partial charge in [0.05, 0.1) is 10.7 Å². The van der Waals surface area contributed by atoms with Crippen LogP contribution in [0.1, 0.15) is 18.1 Å². The maximum Gasteiger partial charge on any atom is 0.266 e. The van der Waals surface area contributed by atoms with Gasteiger partial charge >= 0.3 is 0 Å². The molecule has 1 N–H and O–H groups in total. The van der Waals surface area contributed by atoms with Gasteiger partial charge in [0, 0.05) is 18.8 Å². The van der Waals surface area contributed by atoms with Crippen molar-refractivity contribution >= 4 is 35.0 Å². The van der Waals surface area contributed by atoms with E-state index in [0.717, 1.165) is 24.3 Å². The fourth-order valence-electron chi connectivity index (χ4n) is 3.04. The normalized spacial score (nSPS) is 10.9. The fraction of sp³-hybridized carbons (Fsp3) is 0.120. The van der Waals surface area contributed by atoms with Crippen LogP contribution in [0.2, 0.25) is 5.02 Å². The molecule has 0 atom stereocenters. The zero-order valence-corrected chi connectivity index (χ0v) is 17.4. The minimum absolute atomic E-state index is 0.0132. The highest BCUT2D eigenvalue weighted by Gasteiger charge is 2.11. The molecule has 0 fully saturated rings. The van der Waals surface area contributed by atoms with Crippen molar-refractivity contribution in [1.82, 2.24) is 0 Å². The van der Waals surface area contributed by atoms with E-state index >= 15 is 0 Å². The van der Waals surface area contributed by atoms with Crippen molar-refractivity contribution in [3.63, 3.8) is 0 Å². The molecule has 30 heavy (non-hydrogen) atoms. The summed E-state index contributed by atoms with van der Waals surface area (Å²) in [6.45, 7) is 3.80. The lowest BCUT2D eigenvalue weighted by Crippen LogP contribution is -2.21. The van der Waals surface area contributed by atoms with E-state index in [1.54, 1.807) is 30.3 Å². The molecule has 4 nitrogen and oxygen atoms in total. The van der Waals surface area contributed by atoms with Gasteiger partial charge in [-0.05, 0) is 48.4 Å². The molecule has 1 amide bonds. The molecule has 5 heteroatoms. The van der Waals surface area contributed by atoms with E-state index in [1.165, 1.54) is 5.56 Å². The summed E-state index contributed by atoms with van der Waals surface area (Å²) in [5, 5.41) is 12.5. The largest absolute Gasteiger partial charge is 0.367 e. The van der Waals surface area contributed by atoms with Crippen LogP contribution in [0.25, 0.3) is 6.08 Å². The first-order valence-electron chi connectivity index (χ1n) is 9.67. The van der Waals surface area contributed by atoms with Crippen LogP contribution in [0.15, 0.2) is 84.4 Å². The highest BCUT2D eigenvalue weighted by Crippen LogP contribution is 2.22. The van der Waals surface area contributed by atoms with E-state index in [1.807, 2.05) is 48.5 Å². The van der Waals surface area contributed by atoms with Gasteiger partial charge in [-0.15, -0.1) is 0 Å². The summed E-state index contributed by atoms with van der Waals surface area (Å²) < 4.78 is 0. The summed E-state index contributed by atoms with van der Waals surface area (Å²) in [7, 11) is 0. The minimum Gasteiger partial charge on any atom is -0.367 e. The zero-order chi connectivity index (χ0) is 21.3. The number of carbonyl (C=O) groups excluding carboxylic acids is 1. The summed E-state index contributed by atoms with van der Waals surface area (Å²) >= 11 is 6.07. The lowest BCUT2D eigenvalue weighted by Gasteiger charge is -2.23. The summed E-state index contributed by atoms with van der Waals surface area (Å²) in [4.78, 5) is 14.7. The summed E-state index contributed by atoms with van der Waals surface area (Å²) in [5.74, 6) is -0.492. The smallest absolute Gasteiger partial charge is 0.266 e. The van der Waals surface area contributed by atoms with E-state index in [0.29, 0.717) is 10.7 Å². The number of halogens is 1. The maximum absolute atomic E-state index is 12.5. The number of amides is 1. The standard InChI is InChI=1S/C25H22ClN3O/c1-2-29(18-20-8-4-3-5-9-20)22-14-12-19(13-15-22)16-21(17-27)25(30)28-24-11-7-6-10-23(24)26/h3-16H,2,18H2,1H3,(H,28,30)/b21-16+. The number of benzene rings is 3. The van der Waals surface area contributed by atoms with E-state index in [2.05, 4.69) is 29.3 Å². The molecule has 150 valence electrons. The molecule has 0 heterocycles. The molecule has 0 aliphatic carbocycles. The highest BCUT2D eigenvalue weighted by molar-refractivity contribution is 6.34. The molecule has 3 aromatic rings. The topological polar surface area (TPSA) is 56.1 Å². The highest BCUT2D eigenvalue weighted by atomic mass is 35.5. The third-order valence-corrected chi connectivity index (χ3v) is 4.98. The third-order valence-electron chi connectivity index (χ3n) is 4.65. The third kappa shape index (κ3) is 5.50. The van der Waals surface area contributed by atoms with Gasteiger partial charge in [-0.25, -0.2) is 0 Å². The Hall–Kier alpha value is -3.55. The lowest BCUT2D eigenvalue weighted by atomic mass is 10.1. The average Bonchev–Trinajstić information content (AvgIpc) is 2.78. The number of hydrogen-bond acceptors (Lipinski definition) is 3. The molecule has 0 aliphatic rings. The van der Waals surface area contributed by atoms with Crippen LogP contribution < -0.4 is 10.2 Å². The van der Waals surface area contributed by atoms with Crippen LogP contribution in [-0.4, -0.2) is 12.5 Å². The number of nitriles is 1. The first-order chi connectivity index (χ1) is 14.6. The maximum atomic E-state index is 12.5. The number of nitrogens with zero attached hydrogens (tertiary/aromatic N) is 2. The van der Waals surface area contributed by atoms with E-state index in [4.69, 9.17) is 11.6 Å². The van der Waals surface area contributed by atoms with E-state index in [-0.39, 0.29) is 5.57 Å². The van der Waals surface area contributed by atoms with Gasteiger partial charge in [0.15, 0.2) is 0 Å². The van der Waals surface area contributed by atoms with Crippen molar-refractivity contribution in [2.24, 2.45) is 0 Å². The Bertz CT molecular complexity index is 1070. The van der Waals surface area contributed by atoms with Crippen LogP contribution in [0.5, 0.6) is 0 Å². The average molecular weight is 416 g/mol. The molecule has 0 saturated carbocycles. The number of rotatable bonds is 7. The number of hydrogen-bond donors (Lipinski definition) is 1. The SMILES string of the molecule is CCN(Cc1ccccc1)c1ccc(/C=C(\C#N)C(=O)Nc2ccccc2Cl)cc1. The van der Waals surface area contributed by atoms with Crippen molar-refractivity contribution in [3.8, 4) is 6.07 Å². The Morgan fingerprint density at radius 2 is 1.70 bits per heavy atom. The number of nitrogens with one attached hydrogen (secondary N) is 1. The molecule has 0 spiro atoms. The first-order valence-corrected chi connectivity index (χ1v) is 10.0. The zero-order valence-electron chi connectivity index (χ0n) is 16.7. The van der Waals surface area contributed by atoms with Crippen LogP contribution in [0.4, 0.5) is 11.4 Å². The number of anilines is 2. The molecule has 0 unspecified atom stereocenters.